The van der Waals surface area contributed by atoms with Crippen LogP contribution < -0.4 is 11.1 Å². The fourth-order valence-electron chi connectivity index (χ4n) is 1.67. The standard InChI is InChI=1S/C14H12BrClN2O/c15-10-4-5-13(12(16)8-10)18-14(19)7-9-2-1-3-11(17)6-9/h1-6,8H,7,17H2,(H,18,19). The van der Waals surface area contributed by atoms with Crippen LogP contribution in [-0.4, -0.2) is 5.91 Å². The number of hydrogen-bond acceptors (Lipinski definition) is 2. The summed E-state index contributed by atoms with van der Waals surface area (Å²) in [7, 11) is 0. The number of anilines is 2. The van der Waals surface area contributed by atoms with Crippen molar-refractivity contribution in [3.05, 3.63) is 57.5 Å². The van der Waals surface area contributed by atoms with E-state index >= 15 is 0 Å². The summed E-state index contributed by atoms with van der Waals surface area (Å²) in [6.07, 6.45) is 0.261. The molecule has 0 aliphatic carbocycles. The van der Waals surface area contributed by atoms with Crippen molar-refractivity contribution >= 4 is 44.8 Å². The Labute approximate surface area is 124 Å². The van der Waals surface area contributed by atoms with Gasteiger partial charge in [0, 0.05) is 10.2 Å². The molecule has 0 aliphatic heterocycles. The Morgan fingerprint density at radius 1 is 1.26 bits per heavy atom. The molecule has 0 aliphatic rings. The highest BCUT2D eigenvalue weighted by molar-refractivity contribution is 9.10. The molecule has 0 spiro atoms. The number of nitrogen functional groups attached to an aromatic ring is 1. The molecule has 0 fully saturated rings. The number of nitrogens with two attached hydrogens (primary N) is 1. The Morgan fingerprint density at radius 3 is 2.74 bits per heavy atom. The number of benzene rings is 2. The molecular weight excluding hydrogens is 328 g/mol. The van der Waals surface area contributed by atoms with E-state index in [0.717, 1.165) is 10.0 Å². The van der Waals surface area contributed by atoms with Crippen LogP contribution in [0, 0.1) is 0 Å². The molecule has 19 heavy (non-hydrogen) atoms. The first-order valence-electron chi connectivity index (χ1n) is 5.64. The van der Waals surface area contributed by atoms with E-state index in [0.29, 0.717) is 16.4 Å². The Balaban J connectivity index is 2.05. The van der Waals surface area contributed by atoms with E-state index in [1.54, 1.807) is 24.3 Å². The van der Waals surface area contributed by atoms with Gasteiger partial charge in [0.2, 0.25) is 5.91 Å². The van der Waals surface area contributed by atoms with E-state index in [9.17, 15) is 4.79 Å². The van der Waals surface area contributed by atoms with Crippen molar-refractivity contribution in [3.8, 4) is 0 Å². The van der Waals surface area contributed by atoms with Crippen molar-refractivity contribution in [2.24, 2.45) is 0 Å². The van der Waals surface area contributed by atoms with Gasteiger partial charge in [-0.2, -0.15) is 0 Å². The summed E-state index contributed by atoms with van der Waals surface area (Å²) >= 11 is 9.35. The van der Waals surface area contributed by atoms with E-state index in [1.807, 2.05) is 18.2 Å². The molecule has 0 atom stereocenters. The molecule has 2 aromatic carbocycles. The second-order valence-corrected chi connectivity index (χ2v) is 5.42. The lowest BCUT2D eigenvalue weighted by atomic mass is 10.1. The van der Waals surface area contributed by atoms with Gasteiger partial charge in [0.15, 0.2) is 0 Å². The Morgan fingerprint density at radius 2 is 2.05 bits per heavy atom. The summed E-state index contributed by atoms with van der Waals surface area (Å²) in [6, 6.07) is 12.6. The minimum atomic E-state index is -0.130. The Kier molecular flexibility index (Phi) is 4.45. The molecule has 2 aromatic rings. The molecule has 0 unspecified atom stereocenters. The molecule has 2 rings (SSSR count). The summed E-state index contributed by atoms with van der Waals surface area (Å²) in [6.45, 7) is 0. The first kappa shape index (κ1) is 13.9. The van der Waals surface area contributed by atoms with Crippen LogP contribution in [0.15, 0.2) is 46.9 Å². The van der Waals surface area contributed by atoms with Gasteiger partial charge in [0.25, 0.3) is 0 Å². The van der Waals surface area contributed by atoms with Crippen LogP contribution in [0.4, 0.5) is 11.4 Å². The van der Waals surface area contributed by atoms with Crippen molar-refractivity contribution in [1.29, 1.82) is 0 Å². The van der Waals surface area contributed by atoms with Gasteiger partial charge in [-0.3, -0.25) is 4.79 Å². The number of nitrogens with one attached hydrogen (secondary N) is 1. The van der Waals surface area contributed by atoms with Crippen molar-refractivity contribution in [2.45, 2.75) is 6.42 Å². The molecule has 3 nitrogen and oxygen atoms in total. The van der Waals surface area contributed by atoms with Gasteiger partial charge in [-0.1, -0.05) is 39.7 Å². The van der Waals surface area contributed by atoms with Crippen molar-refractivity contribution in [2.75, 3.05) is 11.1 Å². The predicted octanol–water partition coefficient (Wildman–Crippen LogP) is 3.87. The SMILES string of the molecule is Nc1cccc(CC(=O)Nc2ccc(Br)cc2Cl)c1. The van der Waals surface area contributed by atoms with Crippen molar-refractivity contribution in [1.82, 2.24) is 0 Å². The normalized spacial score (nSPS) is 10.2. The maximum atomic E-state index is 11.9. The maximum absolute atomic E-state index is 11.9. The van der Waals surface area contributed by atoms with E-state index in [-0.39, 0.29) is 12.3 Å². The third-order valence-electron chi connectivity index (χ3n) is 2.52. The largest absolute Gasteiger partial charge is 0.399 e. The molecule has 0 aromatic heterocycles. The second kappa shape index (κ2) is 6.08. The zero-order valence-electron chi connectivity index (χ0n) is 9.99. The Bertz CT molecular complexity index is 616. The third-order valence-corrected chi connectivity index (χ3v) is 3.33. The fourth-order valence-corrected chi connectivity index (χ4v) is 2.39. The molecule has 3 N–H and O–H groups in total. The van der Waals surface area contributed by atoms with E-state index in [4.69, 9.17) is 17.3 Å². The topological polar surface area (TPSA) is 55.1 Å². The smallest absolute Gasteiger partial charge is 0.228 e. The number of carbonyl (C=O) groups excluding carboxylic acids is 1. The van der Waals surface area contributed by atoms with Gasteiger partial charge in [0.1, 0.15) is 0 Å². The van der Waals surface area contributed by atoms with Crippen LogP contribution in [0.2, 0.25) is 5.02 Å². The molecular formula is C14H12BrClN2O. The monoisotopic (exact) mass is 338 g/mol. The lowest BCUT2D eigenvalue weighted by Gasteiger charge is -2.08. The highest BCUT2D eigenvalue weighted by Gasteiger charge is 2.07. The molecule has 5 heteroatoms. The summed E-state index contributed by atoms with van der Waals surface area (Å²) in [5.74, 6) is -0.130. The van der Waals surface area contributed by atoms with Crippen LogP contribution in [0.1, 0.15) is 5.56 Å². The molecule has 0 bridgehead atoms. The number of amides is 1. The van der Waals surface area contributed by atoms with Crippen LogP contribution in [0.3, 0.4) is 0 Å². The van der Waals surface area contributed by atoms with Crippen LogP contribution in [0.25, 0.3) is 0 Å². The van der Waals surface area contributed by atoms with E-state index in [1.165, 1.54) is 0 Å². The van der Waals surface area contributed by atoms with E-state index < -0.39 is 0 Å². The second-order valence-electron chi connectivity index (χ2n) is 4.09. The molecule has 1 amide bonds. The lowest BCUT2D eigenvalue weighted by Crippen LogP contribution is -2.14. The molecule has 0 saturated heterocycles. The number of carbonyl (C=O) groups is 1. The predicted molar refractivity (Wildman–Crippen MR) is 82.3 cm³/mol. The zero-order chi connectivity index (χ0) is 13.8. The van der Waals surface area contributed by atoms with Gasteiger partial charge >= 0.3 is 0 Å². The van der Waals surface area contributed by atoms with Crippen LogP contribution >= 0.6 is 27.5 Å². The summed E-state index contributed by atoms with van der Waals surface area (Å²) in [5, 5.41) is 3.27. The van der Waals surface area contributed by atoms with Crippen LogP contribution in [0.5, 0.6) is 0 Å². The van der Waals surface area contributed by atoms with Gasteiger partial charge in [-0.15, -0.1) is 0 Å². The van der Waals surface area contributed by atoms with Gasteiger partial charge in [-0.25, -0.2) is 0 Å². The number of halogens is 2. The average Bonchev–Trinajstić information content (AvgIpc) is 2.33. The molecule has 0 heterocycles. The first-order chi connectivity index (χ1) is 9.04. The highest BCUT2D eigenvalue weighted by atomic mass is 79.9. The quantitative estimate of drug-likeness (QED) is 0.834. The van der Waals surface area contributed by atoms with Crippen LogP contribution in [-0.2, 0) is 11.2 Å². The summed E-state index contributed by atoms with van der Waals surface area (Å²) < 4.78 is 0.867. The molecule has 0 radical (unpaired) electrons. The van der Waals surface area contributed by atoms with Gasteiger partial charge in [-0.05, 0) is 35.9 Å². The maximum Gasteiger partial charge on any atom is 0.228 e. The third kappa shape index (κ3) is 3.98. The molecule has 98 valence electrons. The first-order valence-corrected chi connectivity index (χ1v) is 6.81. The fraction of sp³-hybridized carbons (Fsp3) is 0.0714. The Hall–Kier alpha value is -1.52. The average molecular weight is 340 g/mol. The zero-order valence-corrected chi connectivity index (χ0v) is 12.3. The van der Waals surface area contributed by atoms with E-state index in [2.05, 4.69) is 21.2 Å². The number of hydrogen-bond donors (Lipinski definition) is 2. The lowest BCUT2D eigenvalue weighted by molar-refractivity contribution is -0.115. The van der Waals surface area contributed by atoms with Crippen molar-refractivity contribution in [3.63, 3.8) is 0 Å². The highest BCUT2D eigenvalue weighted by Crippen LogP contribution is 2.25. The van der Waals surface area contributed by atoms with Gasteiger partial charge in [0.05, 0.1) is 17.1 Å². The van der Waals surface area contributed by atoms with Gasteiger partial charge < -0.3 is 11.1 Å². The minimum Gasteiger partial charge on any atom is -0.399 e. The molecule has 0 saturated carbocycles. The summed E-state index contributed by atoms with van der Waals surface area (Å²) in [5.41, 5.74) is 7.78. The summed E-state index contributed by atoms with van der Waals surface area (Å²) in [4.78, 5) is 11.9. The number of rotatable bonds is 3. The minimum absolute atomic E-state index is 0.130. The van der Waals surface area contributed by atoms with Crippen molar-refractivity contribution < 1.29 is 4.79 Å².